The molecule has 0 aliphatic carbocycles. The SMILES string of the molecule is CC(=O)Nc1c(C)oc2ccccc2c1=O. The monoisotopic (exact) mass is 217 g/mol. The van der Waals surface area contributed by atoms with E-state index in [9.17, 15) is 9.59 Å². The molecule has 0 radical (unpaired) electrons. The topological polar surface area (TPSA) is 59.3 Å². The number of carbonyl (C=O) groups is 1. The second-order valence-corrected chi connectivity index (χ2v) is 3.54. The lowest BCUT2D eigenvalue weighted by molar-refractivity contribution is -0.114. The second kappa shape index (κ2) is 3.81. The molecule has 1 aromatic carbocycles. The van der Waals surface area contributed by atoms with E-state index in [-0.39, 0.29) is 17.0 Å². The van der Waals surface area contributed by atoms with E-state index in [0.29, 0.717) is 16.7 Å². The molecule has 0 fully saturated rings. The van der Waals surface area contributed by atoms with Crippen molar-refractivity contribution in [2.45, 2.75) is 13.8 Å². The zero-order valence-corrected chi connectivity index (χ0v) is 9.03. The molecule has 0 aliphatic rings. The van der Waals surface area contributed by atoms with Gasteiger partial charge >= 0.3 is 0 Å². The number of nitrogens with one attached hydrogen (secondary N) is 1. The van der Waals surface area contributed by atoms with Crippen LogP contribution < -0.4 is 10.7 Å². The highest BCUT2D eigenvalue weighted by molar-refractivity contribution is 5.91. The Kier molecular flexibility index (Phi) is 2.48. The van der Waals surface area contributed by atoms with Gasteiger partial charge in [-0.15, -0.1) is 0 Å². The zero-order valence-electron chi connectivity index (χ0n) is 9.03. The lowest BCUT2D eigenvalue weighted by Crippen LogP contribution is -2.16. The molecule has 4 heteroatoms. The Bertz CT molecular complexity index is 613. The fourth-order valence-electron chi connectivity index (χ4n) is 1.57. The van der Waals surface area contributed by atoms with Gasteiger partial charge in [0.2, 0.25) is 11.3 Å². The first kappa shape index (κ1) is 10.4. The van der Waals surface area contributed by atoms with Crippen LogP contribution in [0.3, 0.4) is 0 Å². The normalized spacial score (nSPS) is 10.4. The van der Waals surface area contributed by atoms with Crippen molar-refractivity contribution in [1.29, 1.82) is 0 Å². The summed E-state index contributed by atoms with van der Waals surface area (Å²) in [4.78, 5) is 23.0. The molecule has 1 aromatic heterocycles. The van der Waals surface area contributed by atoms with Crippen LogP contribution >= 0.6 is 0 Å². The minimum atomic E-state index is -0.286. The molecule has 1 N–H and O–H groups in total. The zero-order chi connectivity index (χ0) is 11.7. The van der Waals surface area contributed by atoms with Crippen LogP contribution in [0.2, 0.25) is 0 Å². The average Bonchev–Trinajstić information content (AvgIpc) is 2.24. The van der Waals surface area contributed by atoms with Crippen LogP contribution in [0.4, 0.5) is 5.69 Å². The molecule has 1 heterocycles. The molecule has 2 rings (SSSR count). The third kappa shape index (κ3) is 1.69. The van der Waals surface area contributed by atoms with Crippen molar-refractivity contribution < 1.29 is 9.21 Å². The van der Waals surface area contributed by atoms with E-state index in [1.165, 1.54) is 6.92 Å². The summed E-state index contributed by atoms with van der Waals surface area (Å²) in [6.07, 6.45) is 0. The maximum absolute atomic E-state index is 12.0. The molecule has 2 aromatic rings. The summed E-state index contributed by atoms with van der Waals surface area (Å²) in [5.74, 6) is 0.129. The summed E-state index contributed by atoms with van der Waals surface area (Å²) in [5, 5.41) is 2.96. The molecule has 4 nitrogen and oxygen atoms in total. The number of para-hydroxylation sites is 1. The number of aryl methyl sites for hydroxylation is 1. The Hall–Kier alpha value is -2.10. The van der Waals surface area contributed by atoms with Crippen molar-refractivity contribution in [3.63, 3.8) is 0 Å². The molecular formula is C12H11NO3. The van der Waals surface area contributed by atoms with Crippen molar-refractivity contribution in [2.75, 3.05) is 5.32 Å². The van der Waals surface area contributed by atoms with E-state index in [2.05, 4.69) is 5.32 Å². The molecule has 82 valence electrons. The molecule has 0 aliphatic heterocycles. The number of carbonyl (C=O) groups excluding carboxylic acids is 1. The molecular weight excluding hydrogens is 206 g/mol. The van der Waals surface area contributed by atoms with E-state index >= 15 is 0 Å². The van der Waals surface area contributed by atoms with E-state index in [1.807, 2.05) is 0 Å². The minimum absolute atomic E-state index is 0.213. The molecule has 0 saturated carbocycles. The van der Waals surface area contributed by atoms with Gasteiger partial charge in [0.25, 0.3) is 0 Å². The molecule has 0 saturated heterocycles. The van der Waals surface area contributed by atoms with Gasteiger partial charge in [-0.3, -0.25) is 9.59 Å². The van der Waals surface area contributed by atoms with Crippen LogP contribution in [0.15, 0.2) is 33.5 Å². The van der Waals surface area contributed by atoms with Gasteiger partial charge in [0, 0.05) is 6.92 Å². The molecule has 0 unspecified atom stereocenters. The molecule has 0 atom stereocenters. The van der Waals surface area contributed by atoms with Gasteiger partial charge in [0.05, 0.1) is 5.39 Å². The highest BCUT2D eigenvalue weighted by Crippen LogP contribution is 2.17. The van der Waals surface area contributed by atoms with E-state index in [4.69, 9.17) is 4.42 Å². The first-order valence-electron chi connectivity index (χ1n) is 4.89. The largest absolute Gasteiger partial charge is 0.459 e. The lowest BCUT2D eigenvalue weighted by Gasteiger charge is -2.06. The van der Waals surface area contributed by atoms with Crippen LogP contribution in [-0.2, 0) is 4.79 Å². The van der Waals surface area contributed by atoms with Crippen molar-refractivity contribution >= 4 is 22.6 Å². The van der Waals surface area contributed by atoms with E-state index in [1.54, 1.807) is 31.2 Å². The number of hydrogen-bond donors (Lipinski definition) is 1. The van der Waals surface area contributed by atoms with Crippen LogP contribution in [0, 0.1) is 6.92 Å². The van der Waals surface area contributed by atoms with Crippen molar-refractivity contribution in [3.8, 4) is 0 Å². The molecule has 0 spiro atoms. The van der Waals surface area contributed by atoms with E-state index < -0.39 is 0 Å². The Morgan fingerprint density at radius 3 is 2.69 bits per heavy atom. The van der Waals surface area contributed by atoms with Gasteiger partial charge in [-0.1, -0.05) is 12.1 Å². The fraction of sp³-hybridized carbons (Fsp3) is 0.167. The van der Waals surface area contributed by atoms with Crippen molar-refractivity contribution in [2.24, 2.45) is 0 Å². The second-order valence-electron chi connectivity index (χ2n) is 3.54. The van der Waals surface area contributed by atoms with Gasteiger partial charge in [0.15, 0.2) is 0 Å². The number of anilines is 1. The third-order valence-electron chi connectivity index (χ3n) is 2.27. The maximum Gasteiger partial charge on any atom is 0.221 e. The van der Waals surface area contributed by atoms with E-state index in [0.717, 1.165) is 0 Å². The molecule has 1 amide bonds. The Labute approximate surface area is 91.9 Å². The summed E-state index contributed by atoms with van der Waals surface area (Å²) in [7, 11) is 0. The number of rotatable bonds is 1. The summed E-state index contributed by atoms with van der Waals surface area (Å²) in [6.45, 7) is 3.01. The Morgan fingerprint density at radius 1 is 1.31 bits per heavy atom. The van der Waals surface area contributed by atoms with Crippen LogP contribution in [0.1, 0.15) is 12.7 Å². The van der Waals surface area contributed by atoms with Crippen LogP contribution in [0.25, 0.3) is 11.0 Å². The summed E-state index contributed by atoms with van der Waals surface area (Å²) in [6, 6.07) is 6.95. The number of fused-ring (bicyclic) bond motifs is 1. The average molecular weight is 217 g/mol. The van der Waals surface area contributed by atoms with Gasteiger partial charge in [0.1, 0.15) is 17.0 Å². The maximum atomic E-state index is 12.0. The Balaban J connectivity index is 2.76. The summed E-state index contributed by atoms with van der Waals surface area (Å²) >= 11 is 0. The predicted molar refractivity (Wildman–Crippen MR) is 61.5 cm³/mol. The highest BCUT2D eigenvalue weighted by atomic mass is 16.3. The summed E-state index contributed by atoms with van der Waals surface area (Å²) in [5.41, 5.74) is 0.528. The summed E-state index contributed by atoms with van der Waals surface area (Å²) < 4.78 is 5.46. The fourth-order valence-corrected chi connectivity index (χ4v) is 1.57. The quantitative estimate of drug-likeness (QED) is 0.795. The Morgan fingerprint density at radius 2 is 2.00 bits per heavy atom. The van der Waals surface area contributed by atoms with Crippen molar-refractivity contribution in [3.05, 3.63) is 40.2 Å². The highest BCUT2D eigenvalue weighted by Gasteiger charge is 2.11. The lowest BCUT2D eigenvalue weighted by atomic mass is 10.2. The van der Waals surface area contributed by atoms with Crippen molar-refractivity contribution in [1.82, 2.24) is 0 Å². The number of amides is 1. The first-order valence-corrected chi connectivity index (χ1v) is 4.89. The first-order chi connectivity index (χ1) is 7.59. The van der Waals surface area contributed by atoms with Crippen LogP contribution in [-0.4, -0.2) is 5.91 Å². The minimum Gasteiger partial charge on any atom is -0.459 e. The number of benzene rings is 1. The molecule has 0 bridgehead atoms. The van der Waals surface area contributed by atoms with Gasteiger partial charge in [-0.2, -0.15) is 0 Å². The van der Waals surface area contributed by atoms with Gasteiger partial charge < -0.3 is 9.73 Å². The van der Waals surface area contributed by atoms with Gasteiger partial charge in [-0.25, -0.2) is 0 Å². The molecule has 16 heavy (non-hydrogen) atoms. The van der Waals surface area contributed by atoms with Gasteiger partial charge in [-0.05, 0) is 19.1 Å². The number of hydrogen-bond acceptors (Lipinski definition) is 3. The predicted octanol–water partition coefficient (Wildman–Crippen LogP) is 2.06. The smallest absolute Gasteiger partial charge is 0.221 e. The standard InChI is InChI=1S/C12H11NO3/c1-7-11(13-8(2)14)12(15)9-5-3-4-6-10(9)16-7/h3-6H,1-2H3,(H,13,14). The van der Waals surface area contributed by atoms with Crippen LogP contribution in [0.5, 0.6) is 0 Å². The third-order valence-corrected chi connectivity index (χ3v) is 2.27.